The molecule has 0 saturated carbocycles. The smallest absolute Gasteiger partial charge is 0.200 e. The second-order valence-electron chi connectivity index (χ2n) is 4.45. The maximum Gasteiger partial charge on any atom is 0.200 e. The predicted octanol–water partition coefficient (Wildman–Crippen LogP) is 2.49. The van der Waals surface area contributed by atoms with Crippen molar-refractivity contribution in [1.82, 2.24) is 0 Å². The van der Waals surface area contributed by atoms with Crippen molar-refractivity contribution in [1.29, 1.82) is 0 Å². The quantitative estimate of drug-likeness (QED) is 0.700. The van der Waals surface area contributed by atoms with Crippen LogP contribution >= 0.6 is 0 Å². The lowest BCUT2D eigenvalue weighted by Gasteiger charge is -2.22. The maximum absolute atomic E-state index is 12.4. The molecule has 2 aliphatic rings. The molecule has 0 saturated heterocycles. The number of ether oxygens (including phenoxy) is 1. The van der Waals surface area contributed by atoms with E-state index in [2.05, 4.69) is 0 Å². The fourth-order valence-electron chi connectivity index (χ4n) is 2.27. The van der Waals surface area contributed by atoms with Crippen molar-refractivity contribution in [2.24, 2.45) is 0 Å². The molecule has 1 aromatic rings. The highest BCUT2D eigenvalue weighted by molar-refractivity contribution is 6.14. The number of hydrogen-bond donors (Lipinski definition) is 2. The van der Waals surface area contributed by atoms with Gasteiger partial charge >= 0.3 is 0 Å². The number of phenolic OH excluding ortho intramolecular Hbond substituents is 2. The number of allylic oxidation sites excluding steroid dienone is 5. The first-order valence-electron chi connectivity index (χ1n) is 5.95. The molecule has 3 rings (SSSR count). The van der Waals surface area contributed by atoms with Crippen LogP contribution in [-0.4, -0.2) is 22.6 Å². The van der Waals surface area contributed by atoms with Crippen molar-refractivity contribution in [2.75, 3.05) is 6.61 Å². The van der Waals surface area contributed by atoms with Gasteiger partial charge in [-0.3, -0.25) is 4.79 Å². The molecule has 0 aromatic heterocycles. The van der Waals surface area contributed by atoms with Crippen LogP contribution in [0.15, 0.2) is 47.6 Å². The highest BCUT2D eigenvalue weighted by Gasteiger charge is 2.29. The van der Waals surface area contributed by atoms with Gasteiger partial charge < -0.3 is 14.9 Å². The molecule has 4 heteroatoms. The van der Waals surface area contributed by atoms with Gasteiger partial charge in [0.15, 0.2) is 5.78 Å². The van der Waals surface area contributed by atoms with Gasteiger partial charge in [0.2, 0.25) is 0 Å². The van der Waals surface area contributed by atoms with Crippen molar-refractivity contribution in [3.05, 3.63) is 53.1 Å². The third-order valence-electron chi connectivity index (χ3n) is 3.21. The summed E-state index contributed by atoms with van der Waals surface area (Å²) < 4.78 is 5.46. The Morgan fingerprint density at radius 3 is 2.74 bits per heavy atom. The minimum absolute atomic E-state index is 0.120. The molecule has 1 heterocycles. The molecule has 4 nitrogen and oxygen atoms in total. The van der Waals surface area contributed by atoms with Gasteiger partial charge in [0.1, 0.15) is 29.4 Å². The van der Waals surface area contributed by atoms with Crippen LogP contribution in [0.3, 0.4) is 0 Å². The van der Waals surface area contributed by atoms with Crippen LogP contribution in [0.5, 0.6) is 17.2 Å². The highest BCUT2D eigenvalue weighted by Crippen LogP contribution is 2.38. The average Bonchev–Trinajstić information content (AvgIpc) is 2.39. The Balaban J connectivity index is 2.10. The first-order valence-corrected chi connectivity index (χ1v) is 5.95. The number of carbonyl (C=O) groups excluding carboxylic acids is 1. The van der Waals surface area contributed by atoms with E-state index < -0.39 is 0 Å². The largest absolute Gasteiger partial charge is 0.508 e. The summed E-state index contributed by atoms with van der Waals surface area (Å²) in [6.45, 7) is 0.155. The van der Waals surface area contributed by atoms with E-state index in [0.29, 0.717) is 12.0 Å². The lowest BCUT2D eigenvalue weighted by molar-refractivity contribution is 0.0994. The Morgan fingerprint density at radius 2 is 2.00 bits per heavy atom. The van der Waals surface area contributed by atoms with Crippen LogP contribution in [-0.2, 0) is 0 Å². The Kier molecular flexibility index (Phi) is 2.63. The number of aromatic hydroxyl groups is 2. The minimum atomic E-state index is -0.256. The molecule has 0 fully saturated rings. The first kappa shape index (κ1) is 11.6. The number of ketones is 1. The number of carbonyl (C=O) groups is 1. The molecule has 1 aliphatic carbocycles. The van der Waals surface area contributed by atoms with Crippen LogP contribution in [0.2, 0.25) is 0 Å². The van der Waals surface area contributed by atoms with Crippen LogP contribution in [0.4, 0.5) is 0 Å². The molecule has 0 atom stereocenters. The van der Waals surface area contributed by atoms with Crippen molar-refractivity contribution in [2.45, 2.75) is 6.42 Å². The van der Waals surface area contributed by atoms with Gasteiger partial charge in [-0.05, 0) is 12.0 Å². The van der Waals surface area contributed by atoms with Crippen LogP contribution in [0, 0.1) is 0 Å². The van der Waals surface area contributed by atoms with E-state index in [1.807, 2.05) is 24.3 Å². The van der Waals surface area contributed by atoms with Crippen LogP contribution in [0.1, 0.15) is 16.8 Å². The monoisotopic (exact) mass is 256 g/mol. The van der Waals surface area contributed by atoms with Crippen molar-refractivity contribution in [3.8, 4) is 17.2 Å². The zero-order valence-corrected chi connectivity index (χ0v) is 10.1. The fourth-order valence-corrected chi connectivity index (χ4v) is 2.27. The molecular formula is C15H12O4. The van der Waals surface area contributed by atoms with E-state index in [9.17, 15) is 15.0 Å². The van der Waals surface area contributed by atoms with Gasteiger partial charge in [0, 0.05) is 17.7 Å². The Hall–Kier alpha value is -2.49. The standard InChI is InChI=1S/C15H12O4/c16-10-6-12(17)14-13(7-10)19-8-11(15(14)18)9-4-2-1-3-5-9/h1-4,6-7,16-17H,5,8H2. The van der Waals surface area contributed by atoms with Gasteiger partial charge in [0.05, 0.1) is 0 Å². The Bertz CT molecular complexity index is 650. The SMILES string of the molecule is O=C1C(=C2C=CC=CC2)COc2cc(O)cc(O)c21. The molecule has 0 spiro atoms. The zero-order chi connectivity index (χ0) is 13.4. The van der Waals surface area contributed by atoms with Crippen molar-refractivity contribution < 1.29 is 19.7 Å². The number of rotatable bonds is 0. The average molecular weight is 256 g/mol. The second-order valence-corrected chi connectivity index (χ2v) is 4.45. The van der Waals surface area contributed by atoms with E-state index in [-0.39, 0.29) is 35.2 Å². The lowest BCUT2D eigenvalue weighted by atomic mass is 9.92. The molecule has 0 radical (unpaired) electrons. The lowest BCUT2D eigenvalue weighted by Crippen LogP contribution is -2.21. The predicted molar refractivity (Wildman–Crippen MR) is 69.5 cm³/mol. The third kappa shape index (κ3) is 1.91. The fraction of sp³-hybridized carbons (Fsp3) is 0.133. The van der Waals surface area contributed by atoms with Gasteiger partial charge in [-0.2, -0.15) is 0 Å². The summed E-state index contributed by atoms with van der Waals surface area (Å²) in [5, 5.41) is 19.2. The molecule has 0 bridgehead atoms. The maximum atomic E-state index is 12.4. The molecule has 0 unspecified atom stereocenters. The van der Waals surface area contributed by atoms with Gasteiger partial charge in [-0.25, -0.2) is 0 Å². The Morgan fingerprint density at radius 1 is 1.16 bits per heavy atom. The molecule has 19 heavy (non-hydrogen) atoms. The molecule has 1 aromatic carbocycles. The number of fused-ring (bicyclic) bond motifs is 1. The van der Waals surface area contributed by atoms with Crippen molar-refractivity contribution >= 4 is 5.78 Å². The van der Waals surface area contributed by atoms with E-state index in [1.165, 1.54) is 6.07 Å². The van der Waals surface area contributed by atoms with Crippen LogP contribution in [0.25, 0.3) is 0 Å². The summed E-state index contributed by atoms with van der Waals surface area (Å²) in [7, 11) is 0. The highest BCUT2D eigenvalue weighted by atomic mass is 16.5. The topological polar surface area (TPSA) is 66.8 Å². The molecular weight excluding hydrogens is 244 g/mol. The Labute approximate surface area is 109 Å². The second kappa shape index (κ2) is 4.31. The summed E-state index contributed by atoms with van der Waals surface area (Å²) in [5.74, 6) is -0.398. The van der Waals surface area contributed by atoms with E-state index in [4.69, 9.17) is 4.74 Å². The summed E-state index contributed by atoms with van der Waals surface area (Å²) >= 11 is 0. The molecule has 2 N–H and O–H groups in total. The van der Waals surface area contributed by atoms with Crippen molar-refractivity contribution in [3.63, 3.8) is 0 Å². The van der Waals surface area contributed by atoms with E-state index >= 15 is 0 Å². The molecule has 96 valence electrons. The van der Waals surface area contributed by atoms with Gasteiger partial charge in [-0.15, -0.1) is 0 Å². The third-order valence-corrected chi connectivity index (χ3v) is 3.21. The van der Waals surface area contributed by atoms with Gasteiger partial charge in [-0.1, -0.05) is 24.3 Å². The van der Waals surface area contributed by atoms with E-state index in [1.54, 1.807) is 0 Å². The van der Waals surface area contributed by atoms with Gasteiger partial charge in [0.25, 0.3) is 0 Å². The number of Topliss-reactive ketones (excluding diaryl/α,β-unsaturated/α-hetero) is 1. The molecule has 0 amide bonds. The first-order chi connectivity index (χ1) is 9.16. The van der Waals surface area contributed by atoms with Crippen LogP contribution < -0.4 is 4.74 Å². The molecule has 1 aliphatic heterocycles. The minimum Gasteiger partial charge on any atom is -0.508 e. The summed E-state index contributed by atoms with van der Waals surface area (Å²) in [5.41, 5.74) is 1.56. The number of hydrogen-bond acceptors (Lipinski definition) is 4. The zero-order valence-electron chi connectivity index (χ0n) is 10.1. The summed E-state index contributed by atoms with van der Waals surface area (Å²) in [4.78, 5) is 12.4. The number of phenols is 2. The van der Waals surface area contributed by atoms with E-state index in [0.717, 1.165) is 11.6 Å². The number of benzene rings is 1. The summed E-state index contributed by atoms with van der Waals surface area (Å²) in [6, 6.07) is 2.48. The summed E-state index contributed by atoms with van der Waals surface area (Å²) in [6.07, 6.45) is 8.29. The normalized spacial score (nSPS) is 21.2.